The van der Waals surface area contributed by atoms with Gasteiger partial charge < -0.3 is 20.4 Å². The quantitative estimate of drug-likeness (QED) is 0.499. The highest BCUT2D eigenvalue weighted by atomic mass is 35.5. The van der Waals surface area contributed by atoms with Crippen molar-refractivity contribution in [2.75, 3.05) is 44.6 Å². The lowest BCUT2D eigenvalue weighted by molar-refractivity contribution is -1.02. The molecule has 2 amide bonds. The number of hydrogen-bond donors (Lipinski definition) is 4. The number of aryl methyl sites for hydroxylation is 1. The summed E-state index contributed by atoms with van der Waals surface area (Å²) in [6.07, 6.45) is 0. The van der Waals surface area contributed by atoms with Gasteiger partial charge in [0.25, 0.3) is 5.91 Å². The Morgan fingerprint density at radius 2 is 1.67 bits per heavy atom. The summed E-state index contributed by atoms with van der Waals surface area (Å²) >= 11 is 6.07. The molecule has 30 heavy (non-hydrogen) atoms. The minimum atomic E-state index is -0.254. The Kier molecular flexibility index (Phi) is 7.85. The van der Waals surface area contributed by atoms with Gasteiger partial charge in [0.15, 0.2) is 6.54 Å². The van der Waals surface area contributed by atoms with Crippen molar-refractivity contribution in [3.8, 4) is 0 Å². The summed E-state index contributed by atoms with van der Waals surface area (Å²) in [5, 5.41) is 6.13. The van der Waals surface area contributed by atoms with E-state index in [9.17, 15) is 9.59 Å². The zero-order valence-corrected chi connectivity index (χ0v) is 18.4. The molecule has 0 aromatic heterocycles. The predicted octanol–water partition coefficient (Wildman–Crippen LogP) is -0.00486. The number of carbonyl (C=O) groups is 2. The molecule has 0 aliphatic carbocycles. The molecule has 1 saturated heterocycles. The lowest BCUT2D eigenvalue weighted by atomic mass is 10.1. The lowest BCUT2D eigenvalue weighted by Crippen LogP contribution is -3.28. The molecule has 3 rings (SSSR count). The molecule has 0 saturated carbocycles. The number of halogens is 1. The first-order chi connectivity index (χ1) is 14.4. The van der Waals surface area contributed by atoms with Crippen LogP contribution in [0.25, 0.3) is 0 Å². The second-order valence-corrected chi connectivity index (χ2v) is 8.49. The molecule has 1 fully saturated rings. The summed E-state index contributed by atoms with van der Waals surface area (Å²) < 4.78 is 0. The van der Waals surface area contributed by atoms with Crippen molar-refractivity contribution in [3.05, 3.63) is 64.2 Å². The van der Waals surface area contributed by atoms with Crippen LogP contribution in [0.1, 0.15) is 16.7 Å². The fourth-order valence-electron chi connectivity index (χ4n) is 3.83. The number of hydrogen-bond acceptors (Lipinski definition) is 2. The Labute approximate surface area is 183 Å². The van der Waals surface area contributed by atoms with Crippen molar-refractivity contribution in [1.29, 1.82) is 0 Å². The van der Waals surface area contributed by atoms with E-state index in [1.807, 2.05) is 6.92 Å². The van der Waals surface area contributed by atoms with E-state index in [-0.39, 0.29) is 18.4 Å². The summed E-state index contributed by atoms with van der Waals surface area (Å²) in [6, 6.07) is 14.0. The monoisotopic (exact) mass is 430 g/mol. The second kappa shape index (κ2) is 10.6. The molecule has 1 aliphatic rings. The van der Waals surface area contributed by atoms with Gasteiger partial charge in [-0.05, 0) is 31.5 Å². The number of nitrogens with one attached hydrogen (secondary N) is 4. The predicted molar refractivity (Wildman–Crippen MR) is 119 cm³/mol. The van der Waals surface area contributed by atoms with Crippen LogP contribution in [0.2, 0.25) is 5.02 Å². The first-order valence-corrected chi connectivity index (χ1v) is 10.8. The van der Waals surface area contributed by atoms with Crippen LogP contribution in [-0.2, 0) is 16.1 Å². The van der Waals surface area contributed by atoms with Crippen molar-refractivity contribution in [2.24, 2.45) is 0 Å². The van der Waals surface area contributed by atoms with Crippen molar-refractivity contribution in [3.63, 3.8) is 0 Å². The molecule has 0 radical (unpaired) electrons. The molecule has 0 unspecified atom stereocenters. The maximum atomic E-state index is 12.3. The zero-order valence-electron chi connectivity index (χ0n) is 17.7. The number of amides is 2. The number of quaternary nitrogens is 2. The average Bonchev–Trinajstić information content (AvgIpc) is 2.71. The third-order valence-electron chi connectivity index (χ3n) is 5.60. The summed E-state index contributed by atoms with van der Waals surface area (Å²) in [5.74, 6) is -0.346. The maximum absolute atomic E-state index is 12.3. The lowest BCUT2D eigenvalue weighted by Gasteiger charge is -2.29. The highest BCUT2D eigenvalue weighted by molar-refractivity contribution is 6.31. The highest BCUT2D eigenvalue weighted by Gasteiger charge is 2.25. The molecular formula is C23H31ClN4O2+2. The van der Waals surface area contributed by atoms with Gasteiger partial charge >= 0.3 is 0 Å². The molecule has 0 bridgehead atoms. The van der Waals surface area contributed by atoms with E-state index >= 15 is 0 Å². The van der Waals surface area contributed by atoms with E-state index < -0.39 is 0 Å². The highest BCUT2D eigenvalue weighted by Crippen LogP contribution is 2.22. The minimum Gasteiger partial charge on any atom is -0.342 e. The summed E-state index contributed by atoms with van der Waals surface area (Å²) in [5.41, 5.74) is 4.14. The fourth-order valence-corrected chi connectivity index (χ4v) is 4.00. The smallest absolute Gasteiger partial charge is 0.275 e. The van der Waals surface area contributed by atoms with Crippen LogP contribution >= 0.6 is 11.6 Å². The van der Waals surface area contributed by atoms with Crippen LogP contribution in [0.5, 0.6) is 0 Å². The van der Waals surface area contributed by atoms with Gasteiger partial charge in [-0.1, -0.05) is 47.5 Å². The zero-order chi connectivity index (χ0) is 21.5. The maximum Gasteiger partial charge on any atom is 0.275 e. The van der Waals surface area contributed by atoms with Gasteiger partial charge in [0.1, 0.15) is 32.7 Å². The number of carbonyl (C=O) groups excluding carboxylic acids is 2. The topological polar surface area (TPSA) is 67.1 Å². The van der Waals surface area contributed by atoms with Gasteiger partial charge in [-0.3, -0.25) is 9.59 Å². The van der Waals surface area contributed by atoms with E-state index in [4.69, 9.17) is 11.6 Å². The van der Waals surface area contributed by atoms with Crippen molar-refractivity contribution in [2.45, 2.75) is 20.4 Å². The van der Waals surface area contributed by atoms with Crippen LogP contribution in [-0.4, -0.2) is 51.1 Å². The summed E-state index contributed by atoms with van der Waals surface area (Å²) in [6.45, 7) is 9.38. The van der Waals surface area contributed by atoms with Gasteiger partial charge in [0.2, 0.25) is 5.91 Å². The summed E-state index contributed by atoms with van der Waals surface area (Å²) in [7, 11) is 0. The second-order valence-electron chi connectivity index (χ2n) is 8.08. The largest absolute Gasteiger partial charge is 0.342 e. The molecule has 2 aromatic rings. The van der Waals surface area contributed by atoms with Crippen molar-refractivity contribution in [1.82, 2.24) is 5.32 Å². The Balaban J connectivity index is 1.36. The molecule has 1 heterocycles. The Morgan fingerprint density at radius 3 is 2.40 bits per heavy atom. The molecule has 1 aliphatic heterocycles. The SMILES string of the molecule is Cc1cccc(C[NH+]2CC[NH+](CC(=O)NCC(=O)Nc3cccc(Cl)c3C)CC2)c1. The van der Waals surface area contributed by atoms with E-state index in [1.54, 1.807) is 23.1 Å². The van der Waals surface area contributed by atoms with Crippen LogP contribution in [0.4, 0.5) is 5.69 Å². The fraction of sp³-hybridized carbons (Fsp3) is 0.391. The van der Waals surface area contributed by atoms with Crippen molar-refractivity contribution >= 4 is 29.1 Å². The number of piperazine rings is 1. The van der Waals surface area contributed by atoms with E-state index in [2.05, 4.69) is 41.8 Å². The van der Waals surface area contributed by atoms with Gasteiger partial charge in [-0.25, -0.2) is 0 Å². The Bertz CT molecular complexity index is 895. The van der Waals surface area contributed by atoms with Crippen LogP contribution in [0, 0.1) is 13.8 Å². The van der Waals surface area contributed by atoms with Gasteiger partial charge in [0, 0.05) is 16.3 Å². The molecule has 160 valence electrons. The normalized spacial score (nSPS) is 18.6. The van der Waals surface area contributed by atoms with Crippen LogP contribution < -0.4 is 20.4 Å². The van der Waals surface area contributed by atoms with E-state index in [0.717, 1.165) is 38.3 Å². The molecule has 7 heteroatoms. The van der Waals surface area contributed by atoms with Gasteiger partial charge in [0.05, 0.1) is 6.54 Å². The minimum absolute atomic E-state index is 0.0389. The molecule has 2 aromatic carbocycles. The number of rotatable bonds is 7. The Hall–Kier alpha value is -2.41. The number of benzene rings is 2. The standard InChI is InChI=1S/C23H29ClN4O2/c1-17-5-3-6-19(13-17)15-27-9-11-28(12-10-27)16-23(30)25-14-22(29)26-21-8-4-7-20(24)18(21)2/h3-8,13H,9-12,14-16H2,1-2H3,(H,25,30)(H,26,29)/p+2. The third-order valence-corrected chi connectivity index (χ3v) is 6.01. The van der Waals surface area contributed by atoms with E-state index in [1.165, 1.54) is 16.0 Å². The first-order valence-electron chi connectivity index (χ1n) is 10.4. The average molecular weight is 431 g/mol. The summed E-state index contributed by atoms with van der Waals surface area (Å²) in [4.78, 5) is 27.2. The van der Waals surface area contributed by atoms with Crippen LogP contribution in [0.15, 0.2) is 42.5 Å². The third kappa shape index (κ3) is 6.55. The van der Waals surface area contributed by atoms with E-state index in [0.29, 0.717) is 17.3 Å². The number of anilines is 1. The molecule has 6 nitrogen and oxygen atoms in total. The molecule has 0 spiro atoms. The molecular weight excluding hydrogens is 400 g/mol. The van der Waals surface area contributed by atoms with Crippen molar-refractivity contribution < 1.29 is 19.4 Å². The Morgan fingerprint density at radius 1 is 0.967 bits per heavy atom. The van der Waals surface area contributed by atoms with Crippen LogP contribution in [0.3, 0.4) is 0 Å². The van der Waals surface area contributed by atoms with Gasteiger partial charge in [-0.15, -0.1) is 0 Å². The molecule has 0 atom stereocenters. The van der Waals surface area contributed by atoms with Gasteiger partial charge in [-0.2, -0.15) is 0 Å². The first kappa shape index (κ1) is 22.3. The molecule has 4 N–H and O–H groups in total.